The van der Waals surface area contributed by atoms with E-state index in [1.54, 1.807) is 11.2 Å². The Balaban J connectivity index is 2.13. The second kappa shape index (κ2) is 6.83. The monoisotopic (exact) mass is 405 g/mol. The maximum atomic E-state index is 12.9. The van der Waals surface area contributed by atoms with Crippen LogP contribution in [-0.4, -0.2) is 37.7 Å². The number of rotatable bonds is 3. The molecule has 0 radical (unpaired) electrons. The lowest BCUT2D eigenvalue weighted by Crippen LogP contribution is -2.41. The van der Waals surface area contributed by atoms with Gasteiger partial charge in [0.25, 0.3) is 5.91 Å². The third kappa shape index (κ3) is 3.68. The van der Waals surface area contributed by atoms with Crippen LogP contribution in [0.5, 0.6) is 0 Å². The van der Waals surface area contributed by atoms with Crippen molar-refractivity contribution in [3.63, 3.8) is 0 Å². The van der Waals surface area contributed by atoms with Crippen LogP contribution in [0.15, 0.2) is 17.0 Å². The number of thiazole rings is 1. The molecule has 0 bridgehead atoms. The highest BCUT2D eigenvalue weighted by atomic mass is 32.2. The molecule has 1 aromatic carbocycles. The number of anilines is 1. The van der Waals surface area contributed by atoms with Crippen molar-refractivity contribution in [2.75, 3.05) is 11.6 Å². The number of nitrogens with zero attached hydrogens (tertiary/aromatic N) is 2. The van der Waals surface area contributed by atoms with Gasteiger partial charge in [-0.2, -0.15) is 0 Å². The molecular formula is C19H23N3O3S2. The molecule has 2 heterocycles. The van der Waals surface area contributed by atoms with Crippen molar-refractivity contribution in [3.8, 4) is 10.4 Å². The highest BCUT2D eigenvalue weighted by molar-refractivity contribution is 7.84. The van der Waals surface area contributed by atoms with E-state index in [2.05, 4.69) is 10.3 Å². The third-order valence-corrected chi connectivity index (χ3v) is 6.50. The Bertz CT molecular complexity index is 973. The molecule has 0 saturated heterocycles. The summed E-state index contributed by atoms with van der Waals surface area (Å²) in [6.45, 7) is 9.79. The first-order valence-electron chi connectivity index (χ1n) is 8.56. The zero-order valence-corrected chi connectivity index (χ0v) is 17.9. The van der Waals surface area contributed by atoms with E-state index < -0.39 is 10.8 Å². The van der Waals surface area contributed by atoms with Crippen molar-refractivity contribution in [1.82, 2.24) is 9.88 Å². The van der Waals surface area contributed by atoms with Gasteiger partial charge >= 0.3 is 0 Å². The van der Waals surface area contributed by atoms with Gasteiger partial charge in [0.15, 0.2) is 5.13 Å². The van der Waals surface area contributed by atoms with Crippen LogP contribution in [0.1, 0.15) is 49.3 Å². The van der Waals surface area contributed by atoms with E-state index in [0.717, 1.165) is 21.7 Å². The van der Waals surface area contributed by atoms with E-state index in [1.165, 1.54) is 18.3 Å². The lowest BCUT2D eigenvalue weighted by atomic mass is 10.0. The van der Waals surface area contributed by atoms with Crippen LogP contribution in [0.2, 0.25) is 0 Å². The van der Waals surface area contributed by atoms with Crippen LogP contribution >= 0.6 is 11.3 Å². The molecule has 2 amide bonds. The summed E-state index contributed by atoms with van der Waals surface area (Å²) in [5.41, 5.74) is 2.77. The standard InChI is InChI=1S/C19H23N3O3S2/c1-10-16(26-18(20-10)21-11(2)23)12-7-13-9-22(19(3,4)5)17(24)15(13)14(8-12)27(6)25/h7-8H,9H2,1-6H3,(H,20,21,23). The van der Waals surface area contributed by atoms with Gasteiger partial charge in [0.1, 0.15) is 0 Å². The van der Waals surface area contributed by atoms with Crippen molar-refractivity contribution in [3.05, 3.63) is 29.0 Å². The summed E-state index contributed by atoms with van der Waals surface area (Å²) in [6, 6.07) is 3.80. The van der Waals surface area contributed by atoms with E-state index in [1.807, 2.05) is 39.8 Å². The van der Waals surface area contributed by atoms with Crippen molar-refractivity contribution in [2.24, 2.45) is 0 Å². The SMILES string of the molecule is CC(=O)Nc1nc(C)c(-c2cc3c(c(S(C)=O)c2)C(=O)N(C(C)(C)C)C3)s1. The van der Waals surface area contributed by atoms with E-state index in [-0.39, 0.29) is 17.4 Å². The molecule has 1 aliphatic rings. The number of aromatic nitrogens is 1. The minimum Gasteiger partial charge on any atom is -0.329 e. The fourth-order valence-electron chi connectivity index (χ4n) is 3.19. The Morgan fingerprint density at radius 2 is 2.00 bits per heavy atom. The molecule has 1 aliphatic heterocycles. The molecule has 1 N–H and O–H groups in total. The highest BCUT2D eigenvalue weighted by Gasteiger charge is 2.37. The van der Waals surface area contributed by atoms with E-state index in [4.69, 9.17) is 0 Å². The molecule has 2 aromatic rings. The molecule has 8 heteroatoms. The maximum Gasteiger partial charge on any atom is 0.256 e. The maximum absolute atomic E-state index is 12.9. The summed E-state index contributed by atoms with van der Waals surface area (Å²) in [4.78, 5) is 31.9. The van der Waals surface area contributed by atoms with Crippen LogP contribution in [0.3, 0.4) is 0 Å². The molecule has 6 nitrogen and oxygen atoms in total. The molecule has 0 aliphatic carbocycles. The number of fused-ring (bicyclic) bond motifs is 1. The van der Waals surface area contributed by atoms with E-state index in [0.29, 0.717) is 22.1 Å². The Morgan fingerprint density at radius 3 is 2.56 bits per heavy atom. The van der Waals surface area contributed by atoms with Crippen molar-refractivity contribution < 1.29 is 13.8 Å². The van der Waals surface area contributed by atoms with Gasteiger partial charge in [-0.1, -0.05) is 11.3 Å². The average molecular weight is 406 g/mol. The number of carbonyl (C=O) groups is 2. The minimum atomic E-state index is -1.30. The summed E-state index contributed by atoms with van der Waals surface area (Å²) in [6.07, 6.45) is 1.59. The van der Waals surface area contributed by atoms with Gasteiger partial charge in [0.2, 0.25) is 5.91 Å². The molecule has 1 unspecified atom stereocenters. The zero-order valence-electron chi connectivity index (χ0n) is 16.3. The Labute approximate surface area is 165 Å². The number of benzene rings is 1. The van der Waals surface area contributed by atoms with E-state index in [9.17, 15) is 13.8 Å². The minimum absolute atomic E-state index is 0.0748. The second-order valence-corrected chi connectivity index (χ2v) is 9.99. The Hall–Kier alpha value is -2.06. The quantitative estimate of drug-likeness (QED) is 0.847. The summed E-state index contributed by atoms with van der Waals surface area (Å²) >= 11 is 1.37. The second-order valence-electron chi connectivity index (χ2n) is 7.64. The summed E-state index contributed by atoms with van der Waals surface area (Å²) in [5, 5.41) is 3.24. The number of nitrogens with one attached hydrogen (secondary N) is 1. The van der Waals surface area contributed by atoms with Crippen molar-refractivity contribution in [2.45, 2.75) is 51.6 Å². The lowest BCUT2D eigenvalue weighted by Gasteiger charge is -2.31. The number of amides is 2. The van der Waals surface area contributed by atoms with Crippen LogP contribution in [0, 0.1) is 6.92 Å². The first kappa shape index (κ1) is 19.7. The van der Waals surface area contributed by atoms with Gasteiger partial charge in [-0.25, -0.2) is 4.98 Å². The van der Waals surface area contributed by atoms with Gasteiger partial charge in [-0.15, -0.1) is 0 Å². The van der Waals surface area contributed by atoms with Crippen LogP contribution in [0.25, 0.3) is 10.4 Å². The largest absolute Gasteiger partial charge is 0.329 e. The van der Waals surface area contributed by atoms with Gasteiger partial charge in [0.05, 0.1) is 31.8 Å². The molecule has 27 heavy (non-hydrogen) atoms. The molecule has 1 atom stereocenters. The predicted octanol–water partition coefficient (Wildman–Crippen LogP) is 3.57. The Morgan fingerprint density at radius 1 is 1.33 bits per heavy atom. The smallest absolute Gasteiger partial charge is 0.256 e. The topological polar surface area (TPSA) is 79.4 Å². The molecule has 0 spiro atoms. The number of hydrogen-bond donors (Lipinski definition) is 1. The van der Waals surface area contributed by atoms with Crippen LogP contribution in [0.4, 0.5) is 5.13 Å². The molecule has 0 saturated carbocycles. The van der Waals surface area contributed by atoms with Gasteiger partial charge in [-0.05, 0) is 51.0 Å². The fourth-order valence-corrected chi connectivity index (χ4v) is 4.98. The molecular weight excluding hydrogens is 382 g/mol. The normalized spacial score (nSPS) is 15.0. The van der Waals surface area contributed by atoms with Gasteiger partial charge < -0.3 is 10.2 Å². The van der Waals surface area contributed by atoms with Gasteiger partial charge in [-0.3, -0.25) is 13.8 Å². The number of aryl methyl sites for hydroxylation is 1. The molecule has 0 fully saturated rings. The fraction of sp³-hybridized carbons (Fsp3) is 0.421. The third-order valence-electron chi connectivity index (χ3n) is 4.43. The van der Waals surface area contributed by atoms with Crippen LogP contribution < -0.4 is 5.32 Å². The lowest BCUT2D eigenvalue weighted by molar-refractivity contribution is -0.114. The summed E-state index contributed by atoms with van der Waals surface area (Å²) < 4.78 is 12.4. The molecule has 3 rings (SSSR count). The first-order valence-corrected chi connectivity index (χ1v) is 10.9. The summed E-state index contributed by atoms with van der Waals surface area (Å²) in [5.74, 6) is -0.250. The van der Waals surface area contributed by atoms with E-state index >= 15 is 0 Å². The van der Waals surface area contributed by atoms with Crippen molar-refractivity contribution >= 4 is 39.1 Å². The van der Waals surface area contributed by atoms with Crippen molar-refractivity contribution in [1.29, 1.82) is 0 Å². The average Bonchev–Trinajstić information content (AvgIpc) is 3.05. The number of carbonyl (C=O) groups excluding carboxylic acids is 2. The first-order chi connectivity index (χ1) is 12.5. The summed E-state index contributed by atoms with van der Waals surface area (Å²) in [7, 11) is -1.30. The number of hydrogen-bond acceptors (Lipinski definition) is 5. The molecule has 144 valence electrons. The highest BCUT2D eigenvalue weighted by Crippen LogP contribution is 2.39. The predicted molar refractivity (Wildman–Crippen MR) is 109 cm³/mol. The van der Waals surface area contributed by atoms with Gasteiger partial charge in [0, 0.05) is 25.3 Å². The van der Waals surface area contributed by atoms with Crippen LogP contribution in [-0.2, 0) is 22.1 Å². The molecule has 1 aromatic heterocycles. The zero-order chi connectivity index (χ0) is 20.1. The Kier molecular flexibility index (Phi) is 4.98.